The third-order valence-corrected chi connectivity index (χ3v) is 4.60. The van der Waals surface area contributed by atoms with E-state index in [1.807, 2.05) is 30.3 Å². The smallest absolute Gasteiger partial charge is 0.128 e. The summed E-state index contributed by atoms with van der Waals surface area (Å²) in [7, 11) is 0. The highest BCUT2D eigenvalue weighted by Gasteiger charge is 2.41. The molecule has 0 spiro atoms. The van der Waals surface area contributed by atoms with Crippen molar-refractivity contribution in [2.24, 2.45) is 0 Å². The minimum Gasteiger partial charge on any atom is -0.382 e. The first kappa shape index (κ1) is 16.4. The molecule has 23 heavy (non-hydrogen) atoms. The van der Waals surface area contributed by atoms with Gasteiger partial charge in [0.25, 0.3) is 0 Å². The Morgan fingerprint density at radius 1 is 1.22 bits per heavy atom. The SMILES string of the molecule is O[C@](Cc1c(F)cccc1Cl)(c1ccccc1)[C@H]1CNCCO1. The van der Waals surface area contributed by atoms with Crippen LogP contribution in [0.15, 0.2) is 48.5 Å². The summed E-state index contributed by atoms with van der Waals surface area (Å²) in [6.07, 6.45) is -0.427. The standard InChI is InChI=1S/C18H19ClFNO2/c19-15-7-4-8-16(20)14(15)11-18(22,13-5-2-1-3-6-13)17-12-21-9-10-23-17/h1-8,17,21-22H,9-12H2/t17-,18-/m1/s1. The van der Waals surface area contributed by atoms with Crippen LogP contribution in [-0.2, 0) is 16.8 Å². The molecule has 0 aliphatic carbocycles. The van der Waals surface area contributed by atoms with Gasteiger partial charge in [-0.1, -0.05) is 48.0 Å². The lowest BCUT2D eigenvalue weighted by Crippen LogP contribution is -2.52. The molecule has 2 atom stereocenters. The Bertz CT molecular complexity index is 641. The number of hydrogen-bond donors (Lipinski definition) is 2. The number of benzene rings is 2. The molecule has 2 aromatic rings. The molecule has 1 aliphatic rings. The first-order valence-electron chi connectivity index (χ1n) is 7.64. The van der Waals surface area contributed by atoms with Crippen LogP contribution in [0.2, 0.25) is 5.02 Å². The Morgan fingerprint density at radius 3 is 2.65 bits per heavy atom. The van der Waals surface area contributed by atoms with Crippen molar-refractivity contribution in [3.63, 3.8) is 0 Å². The summed E-state index contributed by atoms with van der Waals surface area (Å²) >= 11 is 6.15. The maximum atomic E-state index is 14.2. The number of halogens is 2. The number of ether oxygens (including phenoxy) is 1. The fourth-order valence-corrected chi connectivity index (χ4v) is 3.20. The van der Waals surface area contributed by atoms with E-state index in [0.29, 0.717) is 29.3 Å². The van der Waals surface area contributed by atoms with Crippen molar-refractivity contribution < 1.29 is 14.2 Å². The molecule has 0 aromatic heterocycles. The van der Waals surface area contributed by atoms with Crippen molar-refractivity contribution in [1.82, 2.24) is 5.32 Å². The normalized spacial score (nSPS) is 20.9. The van der Waals surface area contributed by atoms with Crippen LogP contribution in [0.4, 0.5) is 4.39 Å². The van der Waals surface area contributed by atoms with E-state index < -0.39 is 17.5 Å². The van der Waals surface area contributed by atoms with E-state index in [9.17, 15) is 9.50 Å². The van der Waals surface area contributed by atoms with Crippen LogP contribution in [0.1, 0.15) is 11.1 Å². The van der Waals surface area contributed by atoms with Gasteiger partial charge < -0.3 is 15.2 Å². The fraction of sp³-hybridized carbons (Fsp3) is 0.333. The molecule has 0 radical (unpaired) electrons. The van der Waals surface area contributed by atoms with Gasteiger partial charge in [0, 0.05) is 30.1 Å². The molecule has 122 valence electrons. The number of morpholine rings is 1. The van der Waals surface area contributed by atoms with Crippen molar-refractivity contribution in [2.75, 3.05) is 19.7 Å². The Morgan fingerprint density at radius 2 is 2.00 bits per heavy atom. The van der Waals surface area contributed by atoms with Crippen LogP contribution in [0.25, 0.3) is 0 Å². The highest BCUT2D eigenvalue weighted by Crippen LogP contribution is 2.34. The molecular weight excluding hydrogens is 317 g/mol. The fourth-order valence-electron chi connectivity index (χ4n) is 2.97. The second-order valence-corrected chi connectivity index (χ2v) is 6.14. The number of rotatable bonds is 4. The van der Waals surface area contributed by atoms with Crippen LogP contribution in [0.5, 0.6) is 0 Å². The van der Waals surface area contributed by atoms with Gasteiger partial charge in [-0.2, -0.15) is 0 Å². The van der Waals surface area contributed by atoms with Crippen molar-refractivity contribution in [3.05, 3.63) is 70.5 Å². The predicted molar refractivity (Wildman–Crippen MR) is 88.1 cm³/mol. The van der Waals surface area contributed by atoms with Crippen molar-refractivity contribution in [3.8, 4) is 0 Å². The topological polar surface area (TPSA) is 41.5 Å². The van der Waals surface area contributed by atoms with Gasteiger partial charge in [0.2, 0.25) is 0 Å². The maximum Gasteiger partial charge on any atom is 0.128 e. The first-order chi connectivity index (χ1) is 11.1. The van der Waals surface area contributed by atoms with Gasteiger partial charge in [0.15, 0.2) is 0 Å². The summed E-state index contributed by atoms with van der Waals surface area (Å²) in [4.78, 5) is 0. The van der Waals surface area contributed by atoms with Crippen LogP contribution in [0, 0.1) is 5.82 Å². The molecule has 2 aromatic carbocycles. The maximum absolute atomic E-state index is 14.2. The van der Waals surface area contributed by atoms with Crippen LogP contribution < -0.4 is 5.32 Å². The molecule has 1 aliphatic heterocycles. The van der Waals surface area contributed by atoms with E-state index in [0.717, 1.165) is 6.54 Å². The Kier molecular flexibility index (Phi) is 4.97. The molecule has 0 saturated carbocycles. The van der Waals surface area contributed by atoms with Crippen molar-refractivity contribution >= 4 is 11.6 Å². The second-order valence-electron chi connectivity index (χ2n) is 5.73. The van der Waals surface area contributed by atoms with Crippen molar-refractivity contribution in [1.29, 1.82) is 0 Å². The minimum absolute atomic E-state index is 0.0505. The van der Waals surface area contributed by atoms with Crippen LogP contribution in [0.3, 0.4) is 0 Å². The average Bonchev–Trinajstić information content (AvgIpc) is 2.60. The lowest BCUT2D eigenvalue weighted by atomic mass is 9.82. The van der Waals surface area contributed by atoms with E-state index in [4.69, 9.17) is 16.3 Å². The van der Waals surface area contributed by atoms with Crippen LogP contribution in [-0.4, -0.2) is 30.9 Å². The molecular formula is C18H19ClFNO2. The Balaban J connectivity index is 2.01. The number of aliphatic hydroxyl groups is 1. The number of hydrogen-bond acceptors (Lipinski definition) is 3. The van der Waals surface area contributed by atoms with Gasteiger partial charge in [0.05, 0.1) is 6.61 Å². The van der Waals surface area contributed by atoms with E-state index in [1.54, 1.807) is 12.1 Å². The quantitative estimate of drug-likeness (QED) is 0.902. The Hall–Kier alpha value is -1.46. The highest BCUT2D eigenvalue weighted by molar-refractivity contribution is 6.31. The molecule has 0 bridgehead atoms. The molecule has 3 rings (SSSR count). The third kappa shape index (κ3) is 3.40. The summed E-state index contributed by atoms with van der Waals surface area (Å²) in [6.45, 7) is 1.74. The highest BCUT2D eigenvalue weighted by atomic mass is 35.5. The van der Waals surface area contributed by atoms with Gasteiger partial charge in [-0.25, -0.2) is 4.39 Å². The van der Waals surface area contributed by atoms with Gasteiger partial charge in [-0.15, -0.1) is 0 Å². The molecule has 0 amide bonds. The molecule has 1 fully saturated rings. The zero-order valence-electron chi connectivity index (χ0n) is 12.6. The van der Waals surface area contributed by atoms with E-state index in [2.05, 4.69) is 5.32 Å². The van der Waals surface area contributed by atoms with Gasteiger partial charge in [0.1, 0.15) is 17.5 Å². The number of nitrogens with one attached hydrogen (secondary N) is 1. The zero-order chi connectivity index (χ0) is 16.3. The van der Waals surface area contributed by atoms with E-state index in [-0.39, 0.29) is 6.42 Å². The van der Waals surface area contributed by atoms with Gasteiger partial charge in [-0.05, 0) is 17.7 Å². The van der Waals surface area contributed by atoms with E-state index >= 15 is 0 Å². The average molecular weight is 336 g/mol. The summed E-state index contributed by atoms with van der Waals surface area (Å²) in [5.74, 6) is -0.421. The minimum atomic E-state index is -1.36. The summed E-state index contributed by atoms with van der Waals surface area (Å²) < 4.78 is 20.0. The summed E-state index contributed by atoms with van der Waals surface area (Å²) in [6, 6.07) is 13.8. The van der Waals surface area contributed by atoms with Crippen molar-refractivity contribution in [2.45, 2.75) is 18.1 Å². The largest absolute Gasteiger partial charge is 0.382 e. The summed E-state index contributed by atoms with van der Waals surface area (Å²) in [5, 5.41) is 14.9. The van der Waals surface area contributed by atoms with E-state index in [1.165, 1.54) is 6.07 Å². The third-order valence-electron chi connectivity index (χ3n) is 4.24. The Labute approximate surface area is 140 Å². The second kappa shape index (κ2) is 6.97. The zero-order valence-corrected chi connectivity index (χ0v) is 13.4. The monoisotopic (exact) mass is 335 g/mol. The molecule has 1 heterocycles. The van der Waals surface area contributed by atoms with Crippen LogP contribution >= 0.6 is 11.6 Å². The molecule has 2 N–H and O–H groups in total. The molecule has 3 nitrogen and oxygen atoms in total. The first-order valence-corrected chi connectivity index (χ1v) is 8.02. The van der Waals surface area contributed by atoms with Gasteiger partial charge in [-0.3, -0.25) is 0 Å². The molecule has 5 heteroatoms. The van der Waals surface area contributed by atoms with Gasteiger partial charge >= 0.3 is 0 Å². The lowest BCUT2D eigenvalue weighted by Gasteiger charge is -2.39. The lowest BCUT2D eigenvalue weighted by molar-refractivity contribution is -0.124. The molecule has 1 saturated heterocycles. The predicted octanol–water partition coefficient (Wildman–Crippen LogP) is 2.90. The summed E-state index contributed by atoms with van der Waals surface area (Å²) in [5.41, 5.74) is -0.372. The molecule has 0 unspecified atom stereocenters.